The van der Waals surface area contributed by atoms with Crippen LogP contribution in [0.25, 0.3) is 0 Å². The maximum Gasteiger partial charge on any atom is 0.0100 e. The standard InChI is InChI=1S/C16H29N/c1-10(2)4-15(17-3)16-13-6-11-5-12(8-13)9-14(16)7-11/h10-17H,4-9H2,1-3H3. The average Bonchev–Trinajstić information content (AvgIpc) is 2.25. The lowest BCUT2D eigenvalue weighted by molar-refractivity contribution is -0.0533. The highest BCUT2D eigenvalue weighted by Crippen LogP contribution is 2.57. The molecule has 4 bridgehead atoms. The predicted octanol–water partition coefficient (Wildman–Crippen LogP) is 3.69. The third-order valence-electron chi connectivity index (χ3n) is 5.86. The molecule has 0 amide bonds. The zero-order chi connectivity index (χ0) is 12.0. The molecule has 98 valence electrons. The highest BCUT2D eigenvalue weighted by Gasteiger charge is 2.50. The molecule has 1 heteroatoms. The van der Waals surface area contributed by atoms with Gasteiger partial charge >= 0.3 is 0 Å². The van der Waals surface area contributed by atoms with Gasteiger partial charge < -0.3 is 5.32 Å². The minimum Gasteiger partial charge on any atom is -0.317 e. The average molecular weight is 235 g/mol. The van der Waals surface area contributed by atoms with Crippen LogP contribution in [0.4, 0.5) is 0 Å². The monoisotopic (exact) mass is 235 g/mol. The first kappa shape index (κ1) is 12.0. The molecular formula is C16H29N. The smallest absolute Gasteiger partial charge is 0.0100 e. The second-order valence-electron chi connectivity index (χ2n) is 7.53. The zero-order valence-electron chi connectivity index (χ0n) is 11.8. The van der Waals surface area contributed by atoms with Crippen LogP contribution in [-0.4, -0.2) is 13.1 Å². The summed E-state index contributed by atoms with van der Waals surface area (Å²) in [6.45, 7) is 4.75. The van der Waals surface area contributed by atoms with Gasteiger partial charge in [0.15, 0.2) is 0 Å². The van der Waals surface area contributed by atoms with Crippen LogP contribution in [-0.2, 0) is 0 Å². The molecule has 0 spiro atoms. The normalized spacial score (nSPS) is 45.5. The van der Waals surface area contributed by atoms with E-state index in [0.717, 1.165) is 41.5 Å². The summed E-state index contributed by atoms with van der Waals surface area (Å²) in [6.07, 6.45) is 9.21. The lowest BCUT2D eigenvalue weighted by Crippen LogP contribution is -2.52. The Balaban J connectivity index is 1.74. The van der Waals surface area contributed by atoms with E-state index in [1.807, 2.05) is 0 Å². The molecule has 0 saturated heterocycles. The van der Waals surface area contributed by atoms with Gasteiger partial charge in [0.2, 0.25) is 0 Å². The molecule has 4 aliphatic carbocycles. The summed E-state index contributed by atoms with van der Waals surface area (Å²) in [5.74, 6) is 6.22. The van der Waals surface area contributed by atoms with E-state index in [1.165, 1.54) is 6.42 Å². The van der Waals surface area contributed by atoms with E-state index in [1.54, 1.807) is 32.1 Å². The van der Waals surface area contributed by atoms with E-state index in [-0.39, 0.29) is 0 Å². The summed E-state index contributed by atoms with van der Waals surface area (Å²) < 4.78 is 0. The van der Waals surface area contributed by atoms with E-state index in [9.17, 15) is 0 Å². The van der Waals surface area contributed by atoms with Crippen molar-refractivity contribution in [2.24, 2.45) is 35.5 Å². The van der Waals surface area contributed by atoms with Crippen molar-refractivity contribution in [2.75, 3.05) is 7.05 Å². The van der Waals surface area contributed by atoms with E-state index < -0.39 is 0 Å². The molecule has 4 saturated carbocycles. The van der Waals surface area contributed by atoms with Crippen LogP contribution in [0.5, 0.6) is 0 Å². The summed E-state index contributed by atoms with van der Waals surface area (Å²) in [5, 5.41) is 3.66. The summed E-state index contributed by atoms with van der Waals surface area (Å²) in [5.41, 5.74) is 0. The third kappa shape index (κ3) is 2.16. The topological polar surface area (TPSA) is 12.0 Å². The largest absolute Gasteiger partial charge is 0.317 e. The number of hydrogen-bond acceptors (Lipinski definition) is 1. The molecule has 0 heterocycles. The lowest BCUT2D eigenvalue weighted by atomic mass is 9.50. The Morgan fingerprint density at radius 1 is 0.941 bits per heavy atom. The molecule has 1 nitrogen and oxygen atoms in total. The molecule has 17 heavy (non-hydrogen) atoms. The van der Waals surface area contributed by atoms with Gasteiger partial charge in [0.25, 0.3) is 0 Å². The fraction of sp³-hybridized carbons (Fsp3) is 1.00. The van der Waals surface area contributed by atoms with Crippen LogP contribution in [0, 0.1) is 35.5 Å². The van der Waals surface area contributed by atoms with Gasteiger partial charge in [-0.05, 0) is 81.1 Å². The first-order valence-corrected chi connectivity index (χ1v) is 7.84. The number of nitrogens with one attached hydrogen (secondary N) is 1. The zero-order valence-corrected chi connectivity index (χ0v) is 11.8. The quantitative estimate of drug-likeness (QED) is 0.783. The second-order valence-corrected chi connectivity index (χ2v) is 7.53. The summed E-state index contributed by atoms with van der Waals surface area (Å²) in [7, 11) is 2.19. The van der Waals surface area contributed by atoms with Crippen LogP contribution < -0.4 is 5.32 Å². The van der Waals surface area contributed by atoms with Crippen LogP contribution in [0.3, 0.4) is 0 Å². The van der Waals surface area contributed by atoms with Crippen molar-refractivity contribution in [3.05, 3.63) is 0 Å². The van der Waals surface area contributed by atoms with Crippen molar-refractivity contribution in [3.8, 4) is 0 Å². The van der Waals surface area contributed by atoms with Crippen LogP contribution in [0.2, 0.25) is 0 Å². The van der Waals surface area contributed by atoms with Crippen LogP contribution in [0.1, 0.15) is 52.4 Å². The first-order valence-electron chi connectivity index (χ1n) is 7.84. The van der Waals surface area contributed by atoms with Crippen molar-refractivity contribution >= 4 is 0 Å². The van der Waals surface area contributed by atoms with Gasteiger partial charge in [0.05, 0.1) is 0 Å². The molecule has 1 N–H and O–H groups in total. The van der Waals surface area contributed by atoms with Gasteiger partial charge in [-0.25, -0.2) is 0 Å². The molecule has 4 aliphatic rings. The van der Waals surface area contributed by atoms with Crippen molar-refractivity contribution in [2.45, 2.75) is 58.4 Å². The second kappa shape index (κ2) is 4.57. The molecule has 0 aromatic carbocycles. The summed E-state index contributed by atoms with van der Waals surface area (Å²) >= 11 is 0. The Labute approximate surface area is 107 Å². The van der Waals surface area contributed by atoms with Gasteiger partial charge in [0, 0.05) is 6.04 Å². The molecule has 1 atom stereocenters. The van der Waals surface area contributed by atoms with Crippen molar-refractivity contribution in [3.63, 3.8) is 0 Å². The highest BCUT2D eigenvalue weighted by molar-refractivity contribution is 5.01. The lowest BCUT2D eigenvalue weighted by Gasteiger charge is -2.56. The van der Waals surface area contributed by atoms with Gasteiger partial charge in [-0.15, -0.1) is 0 Å². The predicted molar refractivity (Wildman–Crippen MR) is 72.8 cm³/mol. The summed E-state index contributed by atoms with van der Waals surface area (Å²) in [4.78, 5) is 0. The molecule has 0 radical (unpaired) electrons. The van der Waals surface area contributed by atoms with Gasteiger partial charge in [-0.2, -0.15) is 0 Å². The van der Waals surface area contributed by atoms with Crippen molar-refractivity contribution in [1.29, 1.82) is 0 Å². The van der Waals surface area contributed by atoms with E-state index in [4.69, 9.17) is 0 Å². The summed E-state index contributed by atoms with van der Waals surface area (Å²) in [6, 6.07) is 0.796. The maximum absolute atomic E-state index is 3.66. The fourth-order valence-electron chi connectivity index (χ4n) is 5.60. The molecular weight excluding hydrogens is 206 g/mol. The maximum atomic E-state index is 3.66. The number of rotatable bonds is 4. The van der Waals surface area contributed by atoms with Crippen LogP contribution >= 0.6 is 0 Å². The van der Waals surface area contributed by atoms with Crippen LogP contribution in [0.15, 0.2) is 0 Å². The Kier molecular flexibility index (Phi) is 3.23. The van der Waals surface area contributed by atoms with Crippen molar-refractivity contribution in [1.82, 2.24) is 5.32 Å². The van der Waals surface area contributed by atoms with Gasteiger partial charge in [0.1, 0.15) is 0 Å². The Bertz CT molecular complexity index is 243. The van der Waals surface area contributed by atoms with E-state index >= 15 is 0 Å². The molecule has 1 unspecified atom stereocenters. The molecule has 4 rings (SSSR count). The number of hydrogen-bond donors (Lipinski definition) is 1. The first-order chi connectivity index (χ1) is 8.17. The van der Waals surface area contributed by atoms with E-state index in [2.05, 4.69) is 26.2 Å². The van der Waals surface area contributed by atoms with Gasteiger partial charge in [-0.3, -0.25) is 0 Å². The highest BCUT2D eigenvalue weighted by atomic mass is 14.9. The van der Waals surface area contributed by atoms with Gasteiger partial charge in [-0.1, -0.05) is 13.8 Å². The Morgan fingerprint density at radius 2 is 1.47 bits per heavy atom. The van der Waals surface area contributed by atoms with E-state index in [0.29, 0.717) is 0 Å². The van der Waals surface area contributed by atoms with Crippen molar-refractivity contribution < 1.29 is 0 Å². The molecule has 0 aromatic rings. The Morgan fingerprint density at radius 3 is 1.88 bits per heavy atom. The molecule has 4 fully saturated rings. The molecule has 0 aliphatic heterocycles. The minimum atomic E-state index is 0.796. The minimum absolute atomic E-state index is 0.796. The molecule has 0 aromatic heterocycles. The SMILES string of the molecule is CNC(CC(C)C)C1C2CC3CC(C2)CC1C3. The Hall–Kier alpha value is -0.0400. The third-order valence-corrected chi connectivity index (χ3v) is 5.86. The fourth-order valence-corrected chi connectivity index (χ4v) is 5.60.